The van der Waals surface area contributed by atoms with Gasteiger partial charge in [0.15, 0.2) is 17.5 Å². The van der Waals surface area contributed by atoms with Crippen molar-refractivity contribution in [1.82, 2.24) is 24.1 Å². The molecule has 0 spiro atoms. The molecule has 0 aliphatic rings. The van der Waals surface area contributed by atoms with Crippen LogP contribution in [0.3, 0.4) is 0 Å². The van der Waals surface area contributed by atoms with E-state index in [1.165, 1.54) is 12.1 Å². The smallest absolute Gasteiger partial charge is 0.309 e. The van der Waals surface area contributed by atoms with Gasteiger partial charge >= 0.3 is 6.18 Å². The molecule has 0 amide bonds. The van der Waals surface area contributed by atoms with Gasteiger partial charge in [-0.05, 0) is 72.3 Å². The van der Waals surface area contributed by atoms with E-state index in [1.54, 1.807) is 18.2 Å². The zero-order valence-electron chi connectivity index (χ0n) is 32.1. The van der Waals surface area contributed by atoms with E-state index in [9.17, 15) is 17.6 Å². The van der Waals surface area contributed by atoms with Crippen molar-refractivity contribution in [1.29, 1.82) is 0 Å². The van der Waals surface area contributed by atoms with Crippen LogP contribution in [0.5, 0.6) is 0 Å². The van der Waals surface area contributed by atoms with Crippen molar-refractivity contribution in [2.75, 3.05) is 0 Å². The second kappa shape index (κ2) is 14.1. The molecule has 0 N–H and O–H groups in total. The van der Waals surface area contributed by atoms with Crippen LogP contribution in [-0.2, 0) is 6.18 Å². The molecule has 9 heteroatoms. The fourth-order valence-electron chi connectivity index (χ4n) is 8.53. The molecule has 0 saturated heterocycles. The van der Waals surface area contributed by atoms with E-state index in [-0.39, 0.29) is 5.82 Å². The first kappa shape index (κ1) is 36.2. The van der Waals surface area contributed by atoms with Crippen molar-refractivity contribution in [2.45, 2.75) is 6.18 Å². The number of hydrogen-bond donors (Lipinski definition) is 0. The maximum absolute atomic E-state index is 14.9. The quantitative estimate of drug-likeness (QED) is 0.157. The average Bonchev–Trinajstić information content (AvgIpc) is 3.81. The molecule has 0 fully saturated rings. The molecule has 61 heavy (non-hydrogen) atoms. The minimum Gasteiger partial charge on any atom is -0.309 e. The summed E-state index contributed by atoms with van der Waals surface area (Å²) >= 11 is 0. The van der Waals surface area contributed by atoms with Gasteiger partial charge in [-0.3, -0.25) is 0 Å². The number of para-hydroxylation sites is 3. The number of alkyl halides is 3. The highest BCUT2D eigenvalue weighted by atomic mass is 19.4. The highest BCUT2D eigenvalue weighted by Crippen LogP contribution is 2.42. The van der Waals surface area contributed by atoms with E-state index in [1.807, 2.05) is 150 Å². The summed E-state index contributed by atoms with van der Waals surface area (Å²) in [7, 11) is 0. The lowest BCUT2D eigenvalue weighted by molar-refractivity contribution is -0.137. The standard InChI is InChI=1S/C52H31F4N5/c53-36-25-28-47-41(31-36)39-19-9-12-22-45(39)61(47)48-26-23-34(29-42(48)51-58-49(32-13-3-1-4-14-32)57-50(59-51)33-15-5-2-6-16-33)37-17-7-10-20-43(37)60-44-21-11-8-18-38(44)40-30-35(52(54,55)56)24-27-46(40)60/h1-31H. The molecule has 11 aromatic rings. The summed E-state index contributed by atoms with van der Waals surface area (Å²) in [6.45, 7) is 0. The van der Waals surface area contributed by atoms with Gasteiger partial charge in [-0.25, -0.2) is 19.3 Å². The van der Waals surface area contributed by atoms with Crippen molar-refractivity contribution in [3.05, 3.63) is 199 Å². The van der Waals surface area contributed by atoms with Gasteiger partial charge in [-0.2, -0.15) is 13.2 Å². The van der Waals surface area contributed by atoms with Gasteiger partial charge in [0.2, 0.25) is 0 Å². The molecule has 11 rings (SSSR count). The number of fused-ring (bicyclic) bond motifs is 6. The number of benzene rings is 8. The molecule has 0 aliphatic carbocycles. The first-order valence-electron chi connectivity index (χ1n) is 19.7. The molecule has 292 valence electrons. The van der Waals surface area contributed by atoms with Crippen LogP contribution in [0.15, 0.2) is 188 Å². The molecule has 3 heterocycles. The zero-order valence-corrected chi connectivity index (χ0v) is 32.1. The third kappa shape index (κ3) is 6.12. The van der Waals surface area contributed by atoms with Gasteiger partial charge in [0, 0.05) is 43.8 Å². The Bertz CT molecular complexity index is 3420. The van der Waals surface area contributed by atoms with Crippen LogP contribution in [0.1, 0.15) is 5.56 Å². The Hall–Kier alpha value is -7.91. The van der Waals surface area contributed by atoms with Gasteiger partial charge in [0.05, 0.1) is 39.0 Å². The zero-order chi connectivity index (χ0) is 41.2. The number of aromatic nitrogens is 5. The largest absolute Gasteiger partial charge is 0.416 e. The van der Waals surface area contributed by atoms with Crippen molar-refractivity contribution in [2.24, 2.45) is 0 Å². The Balaban J connectivity index is 1.21. The second-order valence-corrected chi connectivity index (χ2v) is 14.9. The molecule has 0 aliphatic heterocycles. The van der Waals surface area contributed by atoms with Crippen molar-refractivity contribution < 1.29 is 17.6 Å². The van der Waals surface area contributed by atoms with Gasteiger partial charge in [-0.1, -0.05) is 121 Å². The average molecular weight is 802 g/mol. The molecule has 8 aromatic carbocycles. The summed E-state index contributed by atoms with van der Waals surface area (Å²) < 4.78 is 61.2. The second-order valence-electron chi connectivity index (χ2n) is 14.9. The molecular weight excluding hydrogens is 771 g/mol. The molecule has 0 unspecified atom stereocenters. The number of halogens is 4. The van der Waals surface area contributed by atoms with Gasteiger partial charge in [0.1, 0.15) is 5.82 Å². The summed E-state index contributed by atoms with van der Waals surface area (Å²) in [6, 6.07) is 57.7. The Labute approximate surface area is 346 Å². The van der Waals surface area contributed by atoms with E-state index in [0.717, 1.165) is 67.0 Å². The molecule has 0 bridgehead atoms. The molecule has 5 nitrogen and oxygen atoms in total. The normalized spacial score (nSPS) is 11.9. The lowest BCUT2D eigenvalue weighted by Gasteiger charge is -2.18. The molecular formula is C52H31F4N5. The summed E-state index contributed by atoms with van der Waals surface area (Å²) in [4.78, 5) is 15.3. The van der Waals surface area contributed by atoms with Gasteiger partial charge in [0.25, 0.3) is 0 Å². The van der Waals surface area contributed by atoms with Gasteiger partial charge < -0.3 is 9.13 Å². The molecule has 3 aromatic heterocycles. The first-order chi connectivity index (χ1) is 29.8. The highest BCUT2D eigenvalue weighted by Gasteiger charge is 2.31. The molecule has 0 saturated carbocycles. The number of hydrogen-bond acceptors (Lipinski definition) is 3. The van der Waals surface area contributed by atoms with Crippen LogP contribution in [0.2, 0.25) is 0 Å². The Kier molecular flexibility index (Phi) is 8.38. The summed E-state index contributed by atoms with van der Waals surface area (Å²) in [5, 5.41) is 2.88. The highest BCUT2D eigenvalue weighted by molar-refractivity contribution is 6.11. The van der Waals surface area contributed by atoms with Crippen molar-refractivity contribution >= 4 is 43.6 Å². The van der Waals surface area contributed by atoms with Crippen LogP contribution in [-0.4, -0.2) is 24.1 Å². The predicted octanol–water partition coefficient (Wildman–Crippen LogP) is 13.9. The molecule has 0 radical (unpaired) electrons. The fourth-order valence-corrected chi connectivity index (χ4v) is 8.53. The van der Waals surface area contributed by atoms with Gasteiger partial charge in [-0.15, -0.1) is 0 Å². The minimum absolute atomic E-state index is 0.334. The Morgan fingerprint density at radius 2 is 0.852 bits per heavy atom. The third-order valence-corrected chi connectivity index (χ3v) is 11.3. The van der Waals surface area contributed by atoms with E-state index >= 15 is 0 Å². The topological polar surface area (TPSA) is 48.5 Å². The Morgan fingerprint density at radius 3 is 1.48 bits per heavy atom. The predicted molar refractivity (Wildman–Crippen MR) is 235 cm³/mol. The summed E-state index contributed by atoms with van der Waals surface area (Å²) in [6.07, 6.45) is -4.49. The van der Waals surface area contributed by atoms with E-state index < -0.39 is 11.7 Å². The van der Waals surface area contributed by atoms with Crippen LogP contribution in [0.25, 0.3) is 100 Å². The van der Waals surface area contributed by atoms with Crippen LogP contribution in [0.4, 0.5) is 17.6 Å². The number of rotatable bonds is 6. The lowest BCUT2D eigenvalue weighted by atomic mass is 9.99. The summed E-state index contributed by atoms with van der Waals surface area (Å²) in [5.41, 5.74) is 7.93. The number of nitrogens with zero attached hydrogens (tertiary/aromatic N) is 5. The maximum Gasteiger partial charge on any atom is 0.416 e. The first-order valence-corrected chi connectivity index (χ1v) is 19.7. The third-order valence-electron chi connectivity index (χ3n) is 11.3. The van der Waals surface area contributed by atoms with E-state index in [4.69, 9.17) is 15.0 Å². The lowest BCUT2D eigenvalue weighted by Crippen LogP contribution is -2.05. The monoisotopic (exact) mass is 801 g/mol. The molecule has 0 atom stereocenters. The Morgan fingerprint density at radius 1 is 0.361 bits per heavy atom. The maximum atomic E-state index is 14.9. The summed E-state index contributed by atoms with van der Waals surface area (Å²) in [5.74, 6) is 1.08. The van der Waals surface area contributed by atoms with Crippen LogP contribution >= 0.6 is 0 Å². The fraction of sp³-hybridized carbons (Fsp3) is 0.0192. The van der Waals surface area contributed by atoms with E-state index in [2.05, 4.69) is 10.6 Å². The van der Waals surface area contributed by atoms with E-state index in [0.29, 0.717) is 39.3 Å². The minimum atomic E-state index is -4.49. The van der Waals surface area contributed by atoms with Crippen molar-refractivity contribution in [3.63, 3.8) is 0 Å². The van der Waals surface area contributed by atoms with Crippen LogP contribution in [0, 0.1) is 5.82 Å². The van der Waals surface area contributed by atoms with Crippen LogP contribution < -0.4 is 0 Å². The SMILES string of the molecule is Fc1ccc2c(c1)c1ccccc1n2-c1ccc(-c2ccccc2-n2c3ccccc3c3cc(C(F)(F)F)ccc32)cc1-c1nc(-c2ccccc2)nc(-c2ccccc2)n1. The van der Waals surface area contributed by atoms with Crippen molar-refractivity contribution in [3.8, 4) is 56.7 Å².